The Kier molecular flexibility index (Phi) is 27.4. The average Bonchev–Trinajstić information content (AvgIpc) is 0.759. The van der Waals surface area contributed by atoms with Gasteiger partial charge in [-0.15, -0.1) is 0 Å². The van der Waals surface area contributed by atoms with Crippen LogP contribution in [0.5, 0.6) is 23.0 Å². The molecule has 5 aromatic rings. The van der Waals surface area contributed by atoms with E-state index in [1.807, 2.05) is 48.5 Å². The van der Waals surface area contributed by atoms with Gasteiger partial charge in [0.2, 0.25) is 0 Å². The van der Waals surface area contributed by atoms with E-state index in [1.165, 1.54) is 0 Å². The van der Waals surface area contributed by atoms with Gasteiger partial charge in [0.25, 0.3) is 0 Å². The lowest BCUT2D eigenvalue weighted by molar-refractivity contribution is -0.336. The molecule has 0 bridgehead atoms. The van der Waals surface area contributed by atoms with Gasteiger partial charge in [0.1, 0.15) is 73.8 Å². The van der Waals surface area contributed by atoms with Crippen LogP contribution >= 0.6 is 0 Å². The Morgan fingerprint density at radius 2 is 0.472 bits per heavy atom. The van der Waals surface area contributed by atoms with E-state index in [2.05, 4.69) is 247 Å². The van der Waals surface area contributed by atoms with E-state index in [0.717, 1.165) is 95.9 Å². The van der Waals surface area contributed by atoms with E-state index in [0.29, 0.717) is 48.7 Å². The normalized spacial score (nSPS) is 33.9. The molecule has 4 aliphatic rings. The minimum atomic E-state index is -0.414. The van der Waals surface area contributed by atoms with Crippen LogP contribution in [0, 0.1) is 23.7 Å². The summed E-state index contributed by atoms with van der Waals surface area (Å²) in [5.74, 6) is 2.93. The Morgan fingerprint density at radius 1 is 0.302 bits per heavy atom. The van der Waals surface area contributed by atoms with Crippen LogP contribution in [0.2, 0.25) is 0 Å². The van der Waals surface area contributed by atoms with Gasteiger partial charge < -0.3 is 39.4 Å². The lowest BCUT2D eigenvalue weighted by atomic mass is 9.69. The Morgan fingerprint density at radius 3 is 0.623 bits per heavy atom. The number of hydroxylamine groups is 8. The molecule has 4 N–H and O–H groups in total. The van der Waals surface area contributed by atoms with E-state index in [1.54, 1.807) is 0 Å². The maximum absolute atomic E-state index is 11.3. The third-order valence-electron chi connectivity index (χ3n) is 28.1. The van der Waals surface area contributed by atoms with Crippen LogP contribution in [-0.4, -0.2) is 109 Å². The Balaban J connectivity index is 1.02. The van der Waals surface area contributed by atoms with Gasteiger partial charge in [0.15, 0.2) is 0 Å². The highest BCUT2D eigenvalue weighted by atomic mass is 16.7. The molecule has 4 heterocycles. The molecule has 20 atom stereocenters. The van der Waals surface area contributed by atoms with Crippen molar-refractivity contribution in [1.29, 1.82) is 0 Å². The van der Waals surface area contributed by atoms with Gasteiger partial charge in [-0.1, -0.05) is 132 Å². The first-order chi connectivity index (χ1) is 50.0. The molecule has 4 aliphatic heterocycles. The number of ether oxygens (including phenoxy) is 4. The second kappa shape index (κ2) is 34.2. The fourth-order valence-corrected chi connectivity index (χ4v) is 17.9. The zero-order chi connectivity index (χ0) is 77.9. The number of aliphatic hydroxyl groups is 4. The van der Waals surface area contributed by atoms with Crippen molar-refractivity contribution < 1.29 is 58.7 Å². The van der Waals surface area contributed by atoms with Crippen molar-refractivity contribution in [3.8, 4) is 23.0 Å². The minimum absolute atomic E-state index is 0.0273. The molecule has 9 rings (SSSR count). The lowest BCUT2D eigenvalue weighted by Gasteiger charge is -2.59. The number of rotatable bonds is 32. The van der Waals surface area contributed by atoms with E-state index < -0.39 is 24.4 Å². The summed E-state index contributed by atoms with van der Waals surface area (Å²) >= 11 is 0. The summed E-state index contributed by atoms with van der Waals surface area (Å²) in [5.41, 5.74) is 4.95. The maximum atomic E-state index is 11.3. The van der Waals surface area contributed by atoms with Crippen LogP contribution in [0.1, 0.15) is 312 Å². The zero-order valence-corrected chi connectivity index (χ0v) is 69.5. The summed E-state index contributed by atoms with van der Waals surface area (Å²) in [4.78, 5) is 28.0. The van der Waals surface area contributed by atoms with Gasteiger partial charge in [-0.05, 0) is 265 Å². The first-order valence-corrected chi connectivity index (χ1v) is 40.6. The van der Waals surface area contributed by atoms with Crippen LogP contribution in [0.25, 0.3) is 0 Å². The molecule has 0 aliphatic carbocycles. The highest BCUT2D eigenvalue weighted by molar-refractivity contribution is 5.41. The molecule has 4 saturated heterocycles. The number of benzene rings is 5. The second-order valence-corrected chi connectivity index (χ2v) is 34.5. The van der Waals surface area contributed by atoms with E-state index in [4.69, 9.17) is 38.3 Å². The standard InChI is InChI=1S/C90H138N4O12/c1-25-83(17)51-79(95)59(9)87(21,29-5)91(83)103-63(13)67-33-41-75(42-34-67)99-55-71-49-73(57-101-77-45-37-69(38-46-77)65(15)105-93-85(19,27-3)53-81(97)61(11)89(93,23)31-7)74(58-102-78-47-39-70(40-48-78)66(16)106-94-86(20,28-4)54-82(98)62(12)90(94,24)32-8)50-72(71)56-100-76-43-35-68(36-44-76)64(14)104-92-84(18,26-2)52-80(96)60(10)88(92,22)30-6/h33-50,59-66,79-82,95-98H,25-32,51-58H2,1-24H3. The summed E-state index contributed by atoms with van der Waals surface area (Å²) in [7, 11) is 0. The van der Waals surface area contributed by atoms with Crippen molar-refractivity contribution in [2.24, 2.45) is 23.7 Å². The second-order valence-electron chi connectivity index (χ2n) is 34.5. The quantitative estimate of drug-likeness (QED) is 0.0321. The fourth-order valence-electron chi connectivity index (χ4n) is 17.9. The van der Waals surface area contributed by atoms with Gasteiger partial charge in [-0.2, -0.15) is 20.3 Å². The van der Waals surface area contributed by atoms with Crippen molar-refractivity contribution in [3.05, 3.63) is 154 Å². The molecule has 5 aromatic carbocycles. The highest BCUT2D eigenvalue weighted by Crippen LogP contribution is 2.52. The van der Waals surface area contributed by atoms with Gasteiger partial charge >= 0.3 is 0 Å². The number of piperidine rings is 4. The van der Waals surface area contributed by atoms with Gasteiger partial charge in [-0.25, -0.2) is 0 Å². The Hall–Kier alpha value is -5.18. The van der Waals surface area contributed by atoms with Crippen molar-refractivity contribution in [3.63, 3.8) is 0 Å². The van der Waals surface area contributed by atoms with Crippen molar-refractivity contribution in [2.45, 2.75) is 363 Å². The van der Waals surface area contributed by atoms with Crippen LogP contribution in [0.4, 0.5) is 0 Å². The molecular weight excluding hydrogens is 1330 g/mol. The molecular formula is C90H138N4O12. The van der Waals surface area contributed by atoms with E-state index in [9.17, 15) is 20.4 Å². The summed E-state index contributed by atoms with van der Waals surface area (Å²) in [6.45, 7) is 53.1. The molecule has 4 fully saturated rings. The number of aliphatic hydroxyl groups excluding tert-OH is 4. The number of nitrogens with zero attached hydrogens (tertiary/aromatic N) is 4. The Labute approximate surface area is 638 Å². The summed E-state index contributed by atoms with van der Waals surface area (Å²) in [5, 5.41) is 54.0. The molecule has 0 spiro atoms. The van der Waals surface area contributed by atoms with Gasteiger partial charge in [0.05, 0.1) is 24.4 Å². The Bertz CT molecular complexity index is 3160. The average molecular weight is 1470 g/mol. The van der Waals surface area contributed by atoms with Crippen molar-refractivity contribution >= 4 is 0 Å². The highest BCUT2D eigenvalue weighted by Gasteiger charge is 2.58. The third kappa shape index (κ3) is 17.1. The predicted octanol–water partition coefficient (Wildman–Crippen LogP) is 20.1. The molecule has 0 aromatic heterocycles. The first kappa shape index (κ1) is 84.8. The van der Waals surface area contributed by atoms with E-state index >= 15 is 0 Å². The van der Waals surface area contributed by atoms with E-state index in [-0.39, 0.29) is 119 Å². The van der Waals surface area contributed by atoms with Crippen LogP contribution in [0.15, 0.2) is 109 Å². The van der Waals surface area contributed by atoms with Crippen LogP contribution in [0.3, 0.4) is 0 Å². The minimum Gasteiger partial charge on any atom is -0.489 e. The summed E-state index contributed by atoms with van der Waals surface area (Å²) in [6, 6.07) is 37.2. The SMILES string of the molecule is CCC1(C)CC(O)C(C)C(C)(CC)N1OC(C)c1ccc(OCc2cc(COc3ccc(C(C)ON4C(C)(CC)CC(O)C(C)C4(C)CC)cc3)c(COc3ccc(C(C)ON4C(C)(CC)CC(O)C(C)C4(C)CC)cc3)cc2COc2ccc(C(C)ON3C(C)(CC)CC(O)C(C)C3(C)CC)cc2)cc1. The summed E-state index contributed by atoms with van der Waals surface area (Å²) < 4.78 is 27.3. The van der Waals surface area contributed by atoms with Gasteiger partial charge in [-0.3, -0.25) is 19.4 Å². The van der Waals surface area contributed by atoms with Crippen molar-refractivity contribution in [2.75, 3.05) is 0 Å². The van der Waals surface area contributed by atoms with Crippen LogP contribution < -0.4 is 18.9 Å². The third-order valence-corrected chi connectivity index (χ3v) is 28.1. The molecule has 16 nitrogen and oxygen atoms in total. The topological polar surface area (TPSA) is 168 Å². The first-order valence-electron chi connectivity index (χ1n) is 40.6. The largest absolute Gasteiger partial charge is 0.489 e. The monoisotopic (exact) mass is 1470 g/mol. The molecule has 0 saturated carbocycles. The smallest absolute Gasteiger partial charge is 0.119 e. The lowest BCUT2D eigenvalue weighted by Crippen LogP contribution is -2.67. The molecule has 16 heteroatoms. The summed E-state index contributed by atoms with van der Waals surface area (Å²) in [6.07, 6.45) is 6.54. The molecule has 0 amide bonds. The fraction of sp³-hybridized carbons (Fsp3) is 0.667. The van der Waals surface area contributed by atoms with Crippen molar-refractivity contribution in [1.82, 2.24) is 20.3 Å². The molecule has 20 unspecified atom stereocenters. The zero-order valence-electron chi connectivity index (χ0n) is 69.5. The van der Waals surface area contributed by atoms with Crippen LogP contribution in [-0.2, 0) is 45.8 Å². The number of hydrogen-bond donors (Lipinski definition) is 4. The number of hydrogen-bond acceptors (Lipinski definition) is 16. The molecule has 590 valence electrons. The van der Waals surface area contributed by atoms with Gasteiger partial charge in [0, 0.05) is 68.0 Å². The maximum Gasteiger partial charge on any atom is 0.119 e. The predicted molar refractivity (Wildman–Crippen MR) is 424 cm³/mol. The molecule has 106 heavy (non-hydrogen) atoms. The molecule has 0 radical (unpaired) electrons.